The van der Waals surface area contributed by atoms with Gasteiger partial charge in [0, 0.05) is 5.54 Å². The fourth-order valence-corrected chi connectivity index (χ4v) is 2.01. The highest BCUT2D eigenvalue weighted by molar-refractivity contribution is 6.27. The molecule has 0 bridgehead atoms. The summed E-state index contributed by atoms with van der Waals surface area (Å²) in [5.74, 6) is 0.0577. The number of carbonyl (C=O) groups excluding carboxylic acids is 1. The first-order valence-corrected chi connectivity index (χ1v) is 5.13. The number of hydrogen-bond acceptors (Lipinski definition) is 1. The Kier molecular flexibility index (Phi) is 3.39. The predicted molar refractivity (Wildman–Crippen MR) is 50.4 cm³/mol. The van der Waals surface area contributed by atoms with Crippen LogP contribution in [0, 0.1) is 0 Å². The van der Waals surface area contributed by atoms with E-state index in [9.17, 15) is 4.79 Å². The molecule has 1 rings (SSSR count). The van der Waals surface area contributed by atoms with Crippen molar-refractivity contribution in [1.82, 2.24) is 5.32 Å². The minimum absolute atomic E-state index is 0.0274. The number of rotatable bonds is 3. The van der Waals surface area contributed by atoms with Crippen molar-refractivity contribution in [3.63, 3.8) is 0 Å². The van der Waals surface area contributed by atoms with Gasteiger partial charge in [-0.1, -0.05) is 19.8 Å². The third-order valence-corrected chi connectivity index (χ3v) is 3.01. The molecule has 0 aromatic heterocycles. The molecule has 0 unspecified atom stereocenters. The van der Waals surface area contributed by atoms with E-state index in [1.165, 1.54) is 12.8 Å². The van der Waals surface area contributed by atoms with Gasteiger partial charge in [-0.25, -0.2) is 0 Å². The molecule has 1 N–H and O–H groups in total. The van der Waals surface area contributed by atoms with Crippen LogP contribution in [-0.2, 0) is 4.79 Å². The zero-order valence-corrected chi connectivity index (χ0v) is 8.28. The van der Waals surface area contributed by atoms with Crippen molar-refractivity contribution in [2.24, 2.45) is 0 Å². The first kappa shape index (κ1) is 9.85. The molecular formula is C9H16ClNO. The van der Waals surface area contributed by atoms with Crippen molar-refractivity contribution < 1.29 is 4.79 Å². The lowest BCUT2D eigenvalue weighted by molar-refractivity contribution is -0.120. The third-order valence-electron chi connectivity index (χ3n) is 2.76. The number of alkyl halides is 1. The highest BCUT2D eigenvalue weighted by Gasteiger charge is 2.32. The van der Waals surface area contributed by atoms with Crippen LogP contribution in [0.5, 0.6) is 0 Å². The van der Waals surface area contributed by atoms with Crippen LogP contribution in [0.25, 0.3) is 0 Å². The maximum atomic E-state index is 11.1. The van der Waals surface area contributed by atoms with Crippen molar-refractivity contribution >= 4 is 17.5 Å². The lowest BCUT2D eigenvalue weighted by Gasteiger charge is -2.28. The highest BCUT2D eigenvalue weighted by atomic mass is 35.5. The molecule has 70 valence electrons. The van der Waals surface area contributed by atoms with Gasteiger partial charge in [-0.2, -0.15) is 0 Å². The molecule has 0 aromatic rings. The van der Waals surface area contributed by atoms with E-state index in [1.807, 2.05) is 0 Å². The van der Waals surface area contributed by atoms with Gasteiger partial charge in [-0.3, -0.25) is 4.79 Å². The molecular weight excluding hydrogens is 174 g/mol. The standard InChI is InChI=1S/C9H16ClNO/c1-2-9(5-3-4-6-9)11-8(12)7-10/h2-7H2,1H3,(H,11,12). The molecule has 0 saturated heterocycles. The number of nitrogens with one attached hydrogen (secondary N) is 1. The fraction of sp³-hybridized carbons (Fsp3) is 0.889. The van der Waals surface area contributed by atoms with Crippen LogP contribution in [0.4, 0.5) is 0 Å². The van der Waals surface area contributed by atoms with E-state index in [1.54, 1.807) is 0 Å². The van der Waals surface area contributed by atoms with Gasteiger partial charge in [-0.15, -0.1) is 11.6 Å². The molecule has 1 amide bonds. The summed E-state index contributed by atoms with van der Waals surface area (Å²) in [6.07, 6.45) is 5.72. The van der Waals surface area contributed by atoms with E-state index in [4.69, 9.17) is 11.6 Å². The van der Waals surface area contributed by atoms with Crippen LogP contribution in [0.2, 0.25) is 0 Å². The van der Waals surface area contributed by atoms with Crippen molar-refractivity contribution in [3.05, 3.63) is 0 Å². The minimum atomic E-state index is -0.0274. The van der Waals surface area contributed by atoms with E-state index in [-0.39, 0.29) is 17.3 Å². The molecule has 0 spiro atoms. The first-order valence-electron chi connectivity index (χ1n) is 4.59. The average Bonchev–Trinajstić information content (AvgIpc) is 2.54. The fourth-order valence-electron chi connectivity index (χ4n) is 1.95. The molecule has 1 aliphatic carbocycles. The average molecular weight is 190 g/mol. The van der Waals surface area contributed by atoms with Gasteiger partial charge in [0.15, 0.2) is 0 Å². The Labute approximate surface area is 78.7 Å². The second-order valence-corrected chi connectivity index (χ2v) is 3.79. The summed E-state index contributed by atoms with van der Waals surface area (Å²) in [6.45, 7) is 2.12. The zero-order valence-electron chi connectivity index (χ0n) is 7.53. The number of carbonyl (C=O) groups is 1. The summed E-state index contributed by atoms with van der Waals surface area (Å²) in [6, 6.07) is 0. The van der Waals surface area contributed by atoms with E-state index >= 15 is 0 Å². The quantitative estimate of drug-likeness (QED) is 0.677. The second kappa shape index (κ2) is 4.13. The van der Waals surface area contributed by atoms with Gasteiger partial charge in [0.05, 0.1) is 0 Å². The van der Waals surface area contributed by atoms with Gasteiger partial charge in [-0.05, 0) is 19.3 Å². The normalized spacial score (nSPS) is 20.8. The Morgan fingerprint density at radius 1 is 1.50 bits per heavy atom. The SMILES string of the molecule is CCC1(NC(=O)CCl)CCCC1. The molecule has 0 radical (unpaired) electrons. The molecule has 1 saturated carbocycles. The number of amides is 1. The van der Waals surface area contributed by atoms with Crippen LogP contribution in [0.15, 0.2) is 0 Å². The molecule has 0 aliphatic heterocycles. The van der Waals surface area contributed by atoms with Crippen LogP contribution in [0.3, 0.4) is 0 Å². The summed E-state index contributed by atoms with van der Waals surface area (Å²) in [7, 11) is 0. The molecule has 1 aliphatic rings. The van der Waals surface area contributed by atoms with Crippen LogP contribution in [0.1, 0.15) is 39.0 Å². The largest absolute Gasteiger partial charge is 0.350 e. The second-order valence-electron chi connectivity index (χ2n) is 3.52. The van der Waals surface area contributed by atoms with Gasteiger partial charge in [0.25, 0.3) is 0 Å². The summed E-state index contributed by atoms with van der Waals surface area (Å²) >= 11 is 5.44. The molecule has 0 atom stereocenters. The van der Waals surface area contributed by atoms with Crippen molar-refractivity contribution in [2.45, 2.75) is 44.6 Å². The Hall–Kier alpha value is -0.240. The van der Waals surface area contributed by atoms with E-state index in [2.05, 4.69) is 12.2 Å². The lowest BCUT2D eigenvalue weighted by Crippen LogP contribution is -2.46. The zero-order chi connectivity index (χ0) is 9.03. The summed E-state index contributed by atoms with van der Waals surface area (Å²) in [5, 5.41) is 3.02. The lowest BCUT2D eigenvalue weighted by atomic mass is 9.94. The Balaban J connectivity index is 2.49. The molecule has 0 aromatic carbocycles. The topological polar surface area (TPSA) is 29.1 Å². The smallest absolute Gasteiger partial charge is 0.235 e. The van der Waals surface area contributed by atoms with E-state index < -0.39 is 0 Å². The van der Waals surface area contributed by atoms with Crippen LogP contribution < -0.4 is 5.32 Å². The number of hydrogen-bond donors (Lipinski definition) is 1. The monoisotopic (exact) mass is 189 g/mol. The molecule has 0 heterocycles. The van der Waals surface area contributed by atoms with E-state index in [0.29, 0.717) is 0 Å². The van der Waals surface area contributed by atoms with Gasteiger partial charge in [0.2, 0.25) is 5.91 Å². The maximum absolute atomic E-state index is 11.1. The maximum Gasteiger partial charge on any atom is 0.235 e. The summed E-state index contributed by atoms with van der Waals surface area (Å²) < 4.78 is 0. The molecule has 3 heteroatoms. The molecule has 1 fully saturated rings. The van der Waals surface area contributed by atoms with Gasteiger partial charge >= 0.3 is 0 Å². The Bertz CT molecular complexity index is 164. The highest BCUT2D eigenvalue weighted by Crippen LogP contribution is 2.32. The third kappa shape index (κ3) is 2.13. The van der Waals surface area contributed by atoms with Crippen molar-refractivity contribution in [1.29, 1.82) is 0 Å². The van der Waals surface area contributed by atoms with Crippen molar-refractivity contribution in [2.75, 3.05) is 5.88 Å². The summed E-state index contributed by atoms with van der Waals surface area (Å²) in [5.41, 5.74) is 0.0754. The molecule has 2 nitrogen and oxygen atoms in total. The summed E-state index contributed by atoms with van der Waals surface area (Å²) in [4.78, 5) is 11.1. The van der Waals surface area contributed by atoms with Gasteiger partial charge in [0.1, 0.15) is 5.88 Å². The Morgan fingerprint density at radius 2 is 2.08 bits per heavy atom. The molecule has 12 heavy (non-hydrogen) atoms. The predicted octanol–water partition coefficient (Wildman–Crippen LogP) is 2.06. The van der Waals surface area contributed by atoms with Crippen molar-refractivity contribution in [3.8, 4) is 0 Å². The number of halogens is 1. The Morgan fingerprint density at radius 3 is 2.50 bits per heavy atom. The minimum Gasteiger partial charge on any atom is -0.350 e. The first-order chi connectivity index (χ1) is 5.72. The van der Waals surface area contributed by atoms with E-state index in [0.717, 1.165) is 19.3 Å². The van der Waals surface area contributed by atoms with Crippen LogP contribution in [-0.4, -0.2) is 17.3 Å². The van der Waals surface area contributed by atoms with Gasteiger partial charge < -0.3 is 5.32 Å². The van der Waals surface area contributed by atoms with Crippen LogP contribution >= 0.6 is 11.6 Å².